The number of nitrogens with zero attached hydrogens (tertiary/aromatic N) is 2. The van der Waals surface area contributed by atoms with Gasteiger partial charge in [-0.3, -0.25) is 9.59 Å². The van der Waals surface area contributed by atoms with Crippen molar-refractivity contribution >= 4 is 40.8 Å². The number of carboxylic acids is 1. The number of hydrazine groups is 1. The average Bonchev–Trinajstić information content (AvgIpc) is 2.75. The first-order chi connectivity index (χ1) is 15.8. The molecule has 1 saturated heterocycles. The number of halogens is 2. The van der Waals surface area contributed by atoms with Crippen LogP contribution in [0.2, 0.25) is 10.0 Å². The van der Waals surface area contributed by atoms with Gasteiger partial charge in [0.15, 0.2) is 6.10 Å². The second-order valence-corrected chi connectivity index (χ2v) is 8.53. The zero-order valence-electron chi connectivity index (χ0n) is 18.2. The third-order valence-corrected chi connectivity index (χ3v) is 5.50. The Labute approximate surface area is 202 Å². The van der Waals surface area contributed by atoms with Gasteiger partial charge in [0.05, 0.1) is 11.4 Å². The van der Waals surface area contributed by atoms with Crippen molar-refractivity contribution in [3.05, 3.63) is 52.1 Å². The fraction of sp³-hybridized carbons (Fsp3) is 0.409. The molecule has 1 amide bonds. The summed E-state index contributed by atoms with van der Waals surface area (Å²) in [6.45, 7) is 4.20. The van der Waals surface area contributed by atoms with Crippen LogP contribution in [0, 0.1) is 0 Å². The molecule has 9 nitrogen and oxygen atoms in total. The third kappa shape index (κ3) is 7.75. The summed E-state index contributed by atoms with van der Waals surface area (Å²) in [5.41, 5.74) is 5.16. The molecule has 1 aliphatic heterocycles. The standard InChI is InChI=1S/C22H27Cl2N5O4/c1-2-19(33-22-18(24)9-15(23)11-27-22)21(32)26-10-14-4-3-5-16(8-14)28-29-12-17(13-29)25-7-6-20(30)31/h3-5,8-9,11,17,19,25,28H,2,6-7,10,12-13H2,1H3,(H,26,32)(H,30,31). The van der Waals surface area contributed by atoms with Gasteiger partial charge in [0, 0.05) is 44.1 Å². The number of aromatic nitrogens is 1. The summed E-state index contributed by atoms with van der Waals surface area (Å²) in [4.78, 5) is 27.2. The van der Waals surface area contributed by atoms with Gasteiger partial charge in [-0.05, 0) is 30.2 Å². The van der Waals surface area contributed by atoms with Crippen LogP contribution in [-0.2, 0) is 16.1 Å². The maximum atomic E-state index is 12.6. The third-order valence-electron chi connectivity index (χ3n) is 5.03. The summed E-state index contributed by atoms with van der Waals surface area (Å²) in [6.07, 6.45) is 1.25. The minimum atomic E-state index is -0.803. The van der Waals surface area contributed by atoms with Crippen molar-refractivity contribution in [3.8, 4) is 5.88 Å². The summed E-state index contributed by atoms with van der Waals surface area (Å²) in [5.74, 6) is -0.899. The molecule has 4 N–H and O–H groups in total. The number of benzene rings is 1. The number of ether oxygens (including phenoxy) is 1. The van der Waals surface area contributed by atoms with Crippen LogP contribution < -0.4 is 20.8 Å². The number of carbonyl (C=O) groups excluding carboxylic acids is 1. The summed E-state index contributed by atoms with van der Waals surface area (Å²) in [5, 5.41) is 17.5. The quantitative estimate of drug-likeness (QED) is 0.355. The number of amides is 1. The summed E-state index contributed by atoms with van der Waals surface area (Å²) < 4.78 is 5.68. The molecule has 2 heterocycles. The van der Waals surface area contributed by atoms with E-state index in [4.69, 9.17) is 33.0 Å². The van der Waals surface area contributed by atoms with Crippen molar-refractivity contribution < 1.29 is 19.4 Å². The highest BCUT2D eigenvalue weighted by Crippen LogP contribution is 2.26. The van der Waals surface area contributed by atoms with E-state index >= 15 is 0 Å². The highest BCUT2D eigenvalue weighted by molar-refractivity contribution is 6.35. The molecule has 1 atom stereocenters. The lowest BCUT2D eigenvalue weighted by molar-refractivity contribution is -0.137. The molecule has 1 fully saturated rings. The highest BCUT2D eigenvalue weighted by atomic mass is 35.5. The first-order valence-electron chi connectivity index (χ1n) is 10.6. The Bertz CT molecular complexity index is 972. The van der Waals surface area contributed by atoms with E-state index in [2.05, 4.69) is 21.0 Å². The van der Waals surface area contributed by atoms with Crippen LogP contribution in [0.15, 0.2) is 36.5 Å². The van der Waals surface area contributed by atoms with Gasteiger partial charge < -0.3 is 25.9 Å². The van der Waals surface area contributed by atoms with Crippen molar-refractivity contribution in [2.75, 3.05) is 25.1 Å². The predicted octanol–water partition coefficient (Wildman–Crippen LogP) is 2.94. The maximum Gasteiger partial charge on any atom is 0.304 e. The van der Waals surface area contributed by atoms with Crippen LogP contribution in [0.25, 0.3) is 0 Å². The lowest BCUT2D eigenvalue weighted by atomic mass is 10.1. The zero-order chi connectivity index (χ0) is 23.8. The molecule has 0 bridgehead atoms. The molecule has 1 aliphatic rings. The number of hydrogen-bond donors (Lipinski definition) is 4. The van der Waals surface area contributed by atoms with E-state index in [1.54, 1.807) is 0 Å². The van der Waals surface area contributed by atoms with Gasteiger partial charge >= 0.3 is 5.97 Å². The Kier molecular flexibility index (Phi) is 9.13. The van der Waals surface area contributed by atoms with Crippen LogP contribution in [-0.4, -0.2) is 58.8 Å². The number of anilines is 1. The minimum absolute atomic E-state index is 0.116. The molecule has 0 spiro atoms. The van der Waals surface area contributed by atoms with Crippen molar-refractivity contribution in [2.24, 2.45) is 0 Å². The number of nitrogens with one attached hydrogen (secondary N) is 3. The number of hydrogen-bond acceptors (Lipinski definition) is 7. The van der Waals surface area contributed by atoms with Crippen molar-refractivity contribution in [2.45, 2.75) is 38.5 Å². The number of carboxylic acid groups (broad SMARTS) is 1. The molecule has 0 saturated carbocycles. The smallest absolute Gasteiger partial charge is 0.304 e. The first-order valence-corrected chi connectivity index (χ1v) is 11.4. The Hall–Kier alpha value is -2.59. The lowest BCUT2D eigenvalue weighted by Gasteiger charge is -2.40. The van der Waals surface area contributed by atoms with Crippen LogP contribution in [0.1, 0.15) is 25.3 Å². The number of carbonyl (C=O) groups is 2. The Balaban J connectivity index is 1.45. The fourth-order valence-corrected chi connectivity index (χ4v) is 3.69. The van der Waals surface area contributed by atoms with Crippen LogP contribution >= 0.6 is 23.2 Å². The van der Waals surface area contributed by atoms with E-state index in [1.807, 2.05) is 36.2 Å². The summed E-state index contributed by atoms with van der Waals surface area (Å²) >= 11 is 11.9. The molecule has 33 heavy (non-hydrogen) atoms. The Morgan fingerprint density at radius 1 is 1.30 bits per heavy atom. The van der Waals surface area contributed by atoms with E-state index in [0.717, 1.165) is 24.3 Å². The Morgan fingerprint density at radius 2 is 2.09 bits per heavy atom. The van der Waals surface area contributed by atoms with Crippen molar-refractivity contribution in [3.63, 3.8) is 0 Å². The van der Waals surface area contributed by atoms with Crippen LogP contribution in [0.5, 0.6) is 5.88 Å². The molecular weight excluding hydrogens is 469 g/mol. The Morgan fingerprint density at radius 3 is 2.79 bits per heavy atom. The zero-order valence-corrected chi connectivity index (χ0v) is 19.7. The molecule has 178 valence electrons. The van der Waals surface area contributed by atoms with Gasteiger partial charge in [0.1, 0.15) is 5.02 Å². The molecule has 3 rings (SSSR count). The van der Waals surface area contributed by atoms with Crippen LogP contribution in [0.3, 0.4) is 0 Å². The van der Waals surface area contributed by atoms with Crippen molar-refractivity contribution in [1.82, 2.24) is 20.6 Å². The van der Waals surface area contributed by atoms with E-state index in [-0.39, 0.29) is 29.3 Å². The topological polar surface area (TPSA) is 116 Å². The highest BCUT2D eigenvalue weighted by Gasteiger charge is 2.26. The molecule has 1 unspecified atom stereocenters. The van der Waals surface area contributed by atoms with Gasteiger partial charge in [0.25, 0.3) is 5.91 Å². The molecule has 1 aromatic heterocycles. The van der Waals surface area contributed by atoms with Gasteiger partial charge in [-0.15, -0.1) is 0 Å². The fourth-order valence-electron chi connectivity index (χ4n) is 3.26. The van der Waals surface area contributed by atoms with Gasteiger partial charge in [-0.25, -0.2) is 9.99 Å². The SMILES string of the molecule is CCC(Oc1ncc(Cl)cc1Cl)C(=O)NCc1cccc(NN2CC(NCCC(=O)O)C2)c1. The van der Waals surface area contributed by atoms with E-state index < -0.39 is 12.1 Å². The first kappa shape index (κ1) is 25.0. The second-order valence-electron chi connectivity index (χ2n) is 7.69. The monoisotopic (exact) mass is 495 g/mol. The van der Waals surface area contributed by atoms with Gasteiger partial charge in [-0.1, -0.05) is 42.3 Å². The summed E-state index contributed by atoms with van der Waals surface area (Å²) in [7, 11) is 0. The number of pyridine rings is 1. The second kappa shape index (κ2) is 12.0. The van der Waals surface area contributed by atoms with Crippen molar-refractivity contribution in [1.29, 1.82) is 0 Å². The minimum Gasteiger partial charge on any atom is -0.481 e. The van der Waals surface area contributed by atoms with E-state index in [1.165, 1.54) is 12.3 Å². The number of rotatable bonds is 12. The van der Waals surface area contributed by atoms with E-state index in [0.29, 0.717) is 24.5 Å². The molecule has 11 heteroatoms. The normalized spacial score (nSPS) is 14.9. The molecule has 0 radical (unpaired) electrons. The van der Waals surface area contributed by atoms with Gasteiger partial charge in [0.2, 0.25) is 5.88 Å². The predicted molar refractivity (Wildman–Crippen MR) is 126 cm³/mol. The molecular formula is C22H27Cl2N5O4. The average molecular weight is 496 g/mol. The number of aliphatic carboxylic acids is 1. The van der Waals surface area contributed by atoms with E-state index in [9.17, 15) is 9.59 Å². The summed E-state index contributed by atoms with van der Waals surface area (Å²) in [6, 6.07) is 9.54. The molecule has 2 aromatic rings. The van der Waals surface area contributed by atoms with Crippen LogP contribution in [0.4, 0.5) is 5.69 Å². The lowest BCUT2D eigenvalue weighted by Crippen LogP contribution is -2.60. The maximum absolute atomic E-state index is 12.6. The largest absolute Gasteiger partial charge is 0.481 e. The van der Waals surface area contributed by atoms with Gasteiger partial charge in [-0.2, -0.15) is 0 Å². The molecule has 1 aromatic carbocycles. The molecule has 0 aliphatic carbocycles.